The summed E-state index contributed by atoms with van der Waals surface area (Å²) in [6.07, 6.45) is 4.49. The highest BCUT2D eigenvalue weighted by molar-refractivity contribution is 5.82. The third-order valence-electron chi connectivity index (χ3n) is 4.00. The summed E-state index contributed by atoms with van der Waals surface area (Å²) < 4.78 is 0. The molecule has 0 atom stereocenters. The van der Waals surface area contributed by atoms with Gasteiger partial charge in [-0.3, -0.25) is 14.5 Å². The van der Waals surface area contributed by atoms with Crippen molar-refractivity contribution in [2.75, 3.05) is 19.6 Å². The van der Waals surface area contributed by atoms with Gasteiger partial charge >= 0.3 is 0 Å². The Balaban J connectivity index is 2.53. The van der Waals surface area contributed by atoms with Crippen molar-refractivity contribution in [2.45, 2.75) is 70.9 Å². The molecule has 2 amide bonds. The molecule has 1 rings (SSSR count). The number of amides is 2. The molecular weight excluding hydrogens is 292 g/mol. The number of nitriles is 1. The molecule has 6 heteroatoms. The molecule has 1 saturated carbocycles. The van der Waals surface area contributed by atoms with Gasteiger partial charge in [0, 0.05) is 5.54 Å². The lowest BCUT2D eigenvalue weighted by atomic mass is 9.83. The van der Waals surface area contributed by atoms with Crippen LogP contribution in [0.1, 0.15) is 59.8 Å². The van der Waals surface area contributed by atoms with Crippen LogP contribution >= 0.6 is 0 Å². The van der Waals surface area contributed by atoms with E-state index < -0.39 is 5.54 Å². The molecule has 0 radical (unpaired) electrons. The van der Waals surface area contributed by atoms with E-state index >= 15 is 0 Å². The summed E-state index contributed by atoms with van der Waals surface area (Å²) in [5, 5.41) is 15.2. The maximum absolute atomic E-state index is 12.3. The van der Waals surface area contributed by atoms with Gasteiger partial charge in [0.25, 0.3) is 0 Å². The molecule has 2 N–H and O–H groups in total. The van der Waals surface area contributed by atoms with Gasteiger partial charge < -0.3 is 10.6 Å². The lowest BCUT2D eigenvalue weighted by Crippen LogP contribution is -2.53. The number of carbonyl (C=O) groups is 2. The standard InChI is InChI=1S/C17H30N4O2/c1-5-21(11-14(22)19-16(2,3)4)12-15(23)20-17(13-18)9-7-6-8-10-17/h5-12H2,1-4H3,(H,19,22)(H,20,23). The summed E-state index contributed by atoms with van der Waals surface area (Å²) >= 11 is 0. The largest absolute Gasteiger partial charge is 0.350 e. The van der Waals surface area contributed by atoms with Gasteiger partial charge in [0.2, 0.25) is 11.8 Å². The van der Waals surface area contributed by atoms with Crippen LogP contribution in [0.2, 0.25) is 0 Å². The number of likely N-dealkylation sites (N-methyl/N-ethyl adjacent to an activating group) is 1. The van der Waals surface area contributed by atoms with Gasteiger partial charge in [-0.2, -0.15) is 5.26 Å². The molecule has 0 aromatic heterocycles. The van der Waals surface area contributed by atoms with E-state index in [1.807, 2.05) is 27.7 Å². The third-order valence-corrected chi connectivity index (χ3v) is 4.00. The molecule has 0 heterocycles. The van der Waals surface area contributed by atoms with Crippen molar-refractivity contribution >= 4 is 11.8 Å². The van der Waals surface area contributed by atoms with Crippen LogP contribution in [0, 0.1) is 11.3 Å². The highest BCUT2D eigenvalue weighted by Gasteiger charge is 2.33. The topological polar surface area (TPSA) is 85.2 Å². The van der Waals surface area contributed by atoms with Crippen molar-refractivity contribution in [1.82, 2.24) is 15.5 Å². The number of nitrogens with zero attached hydrogens (tertiary/aromatic N) is 2. The van der Waals surface area contributed by atoms with E-state index in [0.717, 1.165) is 19.3 Å². The molecule has 1 aliphatic carbocycles. The van der Waals surface area contributed by atoms with Crippen molar-refractivity contribution in [2.24, 2.45) is 0 Å². The summed E-state index contributed by atoms with van der Waals surface area (Å²) in [6, 6.07) is 2.28. The molecule has 23 heavy (non-hydrogen) atoms. The highest BCUT2D eigenvalue weighted by Crippen LogP contribution is 2.27. The Kier molecular flexibility index (Phi) is 7.01. The Labute approximate surface area is 139 Å². The maximum Gasteiger partial charge on any atom is 0.235 e. The first-order valence-corrected chi connectivity index (χ1v) is 8.45. The van der Waals surface area contributed by atoms with Crippen molar-refractivity contribution < 1.29 is 9.59 Å². The average Bonchev–Trinajstić information content (AvgIpc) is 2.45. The first-order valence-electron chi connectivity index (χ1n) is 8.45. The summed E-state index contributed by atoms with van der Waals surface area (Å²) in [4.78, 5) is 26.0. The Morgan fingerprint density at radius 1 is 1.13 bits per heavy atom. The Morgan fingerprint density at radius 3 is 2.17 bits per heavy atom. The highest BCUT2D eigenvalue weighted by atomic mass is 16.2. The van der Waals surface area contributed by atoms with E-state index in [9.17, 15) is 14.9 Å². The quantitative estimate of drug-likeness (QED) is 0.777. The first-order chi connectivity index (χ1) is 10.7. The fourth-order valence-electron chi connectivity index (χ4n) is 2.87. The molecule has 0 aliphatic heterocycles. The van der Waals surface area contributed by atoms with Crippen molar-refractivity contribution in [3.05, 3.63) is 0 Å². The second kappa shape index (κ2) is 8.30. The van der Waals surface area contributed by atoms with Gasteiger partial charge in [-0.05, 0) is 40.2 Å². The van der Waals surface area contributed by atoms with E-state index in [2.05, 4.69) is 16.7 Å². The molecule has 1 aliphatic rings. The molecule has 0 saturated heterocycles. The molecule has 0 unspecified atom stereocenters. The van der Waals surface area contributed by atoms with Crippen molar-refractivity contribution in [1.29, 1.82) is 5.26 Å². The van der Waals surface area contributed by atoms with E-state index in [0.29, 0.717) is 19.4 Å². The van der Waals surface area contributed by atoms with E-state index in [4.69, 9.17) is 0 Å². The van der Waals surface area contributed by atoms with Gasteiger partial charge in [0.1, 0.15) is 5.54 Å². The lowest BCUT2D eigenvalue weighted by Gasteiger charge is -2.32. The first kappa shape index (κ1) is 19.4. The Morgan fingerprint density at radius 2 is 1.70 bits per heavy atom. The fraction of sp³-hybridized carbons (Fsp3) is 0.824. The van der Waals surface area contributed by atoms with E-state index in [1.165, 1.54) is 0 Å². The summed E-state index contributed by atoms with van der Waals surface area (Å²) in [6.45, 7) is 8.61. The van der Waals surface area contributed by atoms with Crippen LogP contribution in [0.4, 0.5) is 0 Å². The van der Waals surface area contributed by atoms with Crippen LogP contribution in [0.25, 0.3) is 0 Å². The van der Waals surface area contributed by atoms with Crippen LogP contribution < -0.4 is 10.6 Å². The zero-order chi connectivity index (χ0) is 17.5. The third kappa shape index (κ3) is 7.00. The summed E-state index contributed by atoms with van der Waals surface area (Å²) in [5.41, 5.74) is -1.01. The molecule has 130 valence electrons. The minimum Gasteiger partial charge on any atom is -0.350 e. The Hall–Kier alpha value is -1.61. The number of nitrogens with one attached hydrogen (secondary N) is 2. The molecule has 0 aromatic rings. The maximum atomic E-state index is 12.3. The van der Waals surface area contributed by atoms with Gasteiger partial charge in [0.05, 0.1) is 19.2 Å². The van der Waals surface area contributed by atoms with Crippen LogP contribution in [0.3, 0.4) is 0 Å². The number of hydrogen-bond acceptors (Lipinski definition) is 4. The second-order valence-corrected chi connectivity index (χ2v) is 7.40. The van der Waals surface area contributed by atoms with E-state index in [-0.39, 0.29) is 30.4 Å². The Bertz CT molecular complexity index is 456. The average molecular weight is 322 g/mol. The van der Waals surface area contributed by atoms with Gasteiger partial charge in [-0.25, -0.2) is 0 Å². The van der Waals surface area contributed by atoms with Gasteiger partial charge in [-0.1, -0.05) is 26.2 Å². The second-order valence-electron chi connectivity index (χ2n) is 7.40. The number of carbonyl (C=O) groups excluding carboxylic acids is 2. The smallest absolute Gasteiger partial charge is 0.235 e. The van der Waals surface area contributed by atoms with Crippen molar-refractivity contribution in [3.8, 4) is 6.07 Å². The van der Waals surface area contributed by atoms with Crippen LogP contribution in [-0.2, 0) is 9.59 Å². The normalized spacial score (nSPS) is 17.4. The molecule has 0 bridgehead atoms. The fourth-order valence-corrected chi connectivity index (χ4v) is 2.87. The van der Waals surface area contributed by atoms with Crippen molar-refractivity contribution in [3.63, 3.8) is 0 Å². The SMILES string of the molecule is CCN(CC(=O)NC(C)(C)C)CC(=O)NC1(C#N)CCCCC1. The minimum atomic E-state index is -0.720. The van der Waals surface area contributed by atoms with Gasteiger partial charge in [-0.15, -0.1) is 0 Å². The molecule has 6 nitrogen and oxygen atoms in total. The number of hydrogen-bond donors (Lipinski definition) is 2. The van der Waals surface area contributed by atoms with Gasteiger partial charge in [0.15, 0.2) is 0 Å². The molecular formula is C17H30N4O2. The lowest BCUT2D eigenvalue weighted by molar-refractivity contribution is -0.126. The summed E-state index contributed by atoms with van der Waals surface area (Å²) in [7, 11) is 0. The van der Waals surface area contributed by atoms with E-state index in [1.54, 1.807) is 4.90 Å². The number of rotatable bonds is 6. The zero-order valence-corrected chi connectivity index (χ0v) is 14.9. The monoisotopic (exact) mass is 322 g/mol. The predicted octanol–water partition coefficient (Wildman–Crippen LogP) is 1.57. The molecule has 1 fully saturated rings. The summed E-state index contributed by atoms with van der Waals surface area (Å²) in [5.74, 6) is -0.279. The van der Waals surface area contributed by atoms with Crippen LogP contribution in [-0.4, -0.2) is 47.4 Å². The van der Waals surface area contributed by atoms with Crippen LogP contribution in [0.15, 0.2) is 0 Å². The zero-order valence-electron chi connectivity index (χ0n) is 14.9. The molecule has 0 spiro atoms. The minimum absolute atomic E-state index is 0.0974. The van der Waals surface area contributed by atoms with Crippen LogP contribution in [0.5, 0.6) is 0 Å². The molecule has 0 aromatic carbocycles. The predicted molar refractivity (Wildman–Crippen MR) is 89.6 cm³/mol.